The molecule has 0 aromatic heterocycles. The minimum atomic E-state index is -0.608. The van der Waals surface area contributed by atoms with E-state index in [1.807, 2.05) is 13.8 Å². The number of aliphatic imine (C=N–C) groups is 1. The van der Waals surface area contributed by atoms with Crippen LogP contribution in [0, 0.1) is 17.6 Å². The van der Waals surface area contributed by atoms with Crippen LogP contribution in [0.25, 0.3) is 0 Å². The van der Waals surface area contributed by atoms with Crippen molar-refractivity contribution in [1.82, 2.24) is 5.32 Å². The molecule has 0 radical (unpaired) electrons. The normalized spacial score (nSPS) is 18.9. The number of nitrogens with zero attached hydrogens (tertiary/aromatic N) is 1. The van der Waals surface area contributed by atoms with Crippen molar-refractivity contribution in [3.05, 3.63) is 35.4 Å². The van der Waals surface area contributed by atoms with E-state index in [0.717, 1.165) is 6.07 Å². The summed E-state index contributed by atoms with van der Waals surface area (Å²) >= 11 is 1.35. The van der Waals surface area contributed by atoms with Crippen LogP contribution in [-0.4, -0.2) is 16.3 Å². The summed E-state index contributed by atoms with van der Waals surface area (Å²) in [6, 6.07) is 3.41. The average molecular weight is 284 g/mol. The summed E-state index contributed by atoms with van der Waals surface area (Å²) < 4.78 is 26.2. The number of hydrogen-bond donors (Lipinski definition) is 1. The maximum Gasteiger partial charge on any atom is 0.261 e. The molecule has 0 saturated carbocycles. The van der Waals surface area contributed by atoms with Gasteiger partial charge in [-0.1, -0.05) is 31.7 Å². The van der Waals surface area contributed by atoms with Crippen molar-refractivity contribution in [3.8, 4) is 0 Å². The fourth-order valence-corrected chi connectivity index (χ4v) is 2.66. The lowest BCUT2D eigenvalue weighted by Crippen LogP contribution is -2.21. The van der Waals surface area contributed by atoms with Crippen molar-refractivity contribution >= 4 is 22.8 Å². The maximum atomic E-state index is 13.4. The topological polar surface area (TPSA) is 41.5 Å². The Labute approximate surface area is 114 Å². The Morgan fingerprint density at radius 1 is 1.42 bits per heavy atom. The van der Waals surface area contributed by atoms with Crippen molar-refractivity contribution in [1.29, 1.82) is 0 Å². The number of thioether (sulfide) groups is 1. The molecule has 6 heteroatoms. The van der Waals surface area contributed by atoms with Gasteiger partial charge in [-0.2, -0.15) is 4.99 Å². The molecule has 0 aliphatic carbocycles. The van der Waals surface area contributed by atoms with E-state index in [0.29, 0.717) is 10.7 Å². The first-order valence-corrected chi connectivity index (χ1v) is 6.82. The second kappa shape index (κ2) is 5.69. The minimum Gasteiger partial charge on any atom is -0.360 e. The molecular weight excluding hydrogens is 270 g/mol. The number of hydrogen-bond acceptors (Lipinski definition) is 3. The highest BCUT2D eigenvalue weighted by Crippen LogP contribution is 2.27. The molecule has 0 unspecified atom stereocenters. The van der Waals surface area contributed by atoms with Crippen LogP contribution >= 0.6 is 11.8 Å². The summed E-state index contributed by atoms with van der Waals surface area (Å²) in [7, 11) is 0. The van der Waals surface area contributed by atoms with Gasteiger partial charge < -0.3 is 5.32 Å². The van der Waals surface area contributed by atoms with E-state index in [-0.39, 0.29) is 23.6 Å². The van der Waals surface area contributed by atoms with Gasteiger partial charge in [0.05, 0.1) is 5.25 Å². The van der Waals surface area contributed by atoms with Gasteiger partial charge in [0.25, 0.3) is 5.91 Å². The van der Waals surface area contributed by atoms with E-state index < -0.39 is 11.6 Å². The van der Waals surface area contributed by atoms with Gasteiger partial charge in [0.15, 0.2) is 5.17 Å². The van der Waals surface area contributed by atoms with Crippen LogP contribution in [0.3, 0.4) is 0 Å². The van der Waals surface area contributed by atoms with Gasteiger partial charge >= 0.3 is 0 Å². The number of nitrogens with one attached hydrogen (secondary N) is 1. The molecule has 1 aliphatic heterocycles. The number of amidine groups is 1. The van der Waals surface area contributed by atoms with E-state index in [1.165, 1.54) is 23.9 Å². The van der Waals surface area contributed by atoms with Crippen LogP contribution in [0.5, 0.6) is 0 Å². The summed E-state index contributed by atoms with van der Waals surface area (Å²) in [4.78, 5) is 15.5. The van der Waals surface area contributed by atoms with Crippen molar-refractivity contribution in [3.63, 3.8) is 0 Å². The summed E-state index contributed by atoms with van der Waals surface area (Å²) in [5.41, 5.74) is 0.338. The Bertz CT molecular complexity index is 531. The number of amides is 1. The van der Waals surface area contributed by atoms with Gasteiger partial charge in [-0.05, 0) is 12.0 Å². The lowest BCUT2D eigenvalue weighted by molar-refractivity contribution is -0.117. The van der Waals surface area contributed by atoms with Crippen LogP contribution < -0.4 is 5.32 Å². The first-order valence-electron chi connectivity index (χ1n) is 5.94. The van der Waals surface area contributed by atoms with Gasteiger partial charge in [0.1, 0.15) is 11.6 Å². The Morgan fingerprint density at radius 3 is 2.74 bits per heavy atom. The first kappa shape index (κ1) is 14.0. The zero-order valence-corrected chi connectivity index (χ0v) is 11.4. The third-order valence-electron chi connectivity index (χ3n) is 2.74. The SMILES string of the molecule is CC(C)[C@H]1SC(NCc2ccc(F)cc2F)=NC1=O. The molecule has 102 valence electrons. The molecule has 0 saturated heterocycles. The molecule has 1 heterocycles. The molecule has 1 aromatic carbocycles. The van der Waals surface area contributed by atoms with Gasteiger partial charge in [-0.3, -0.25) is 4.79 Å². The van der Waals surface area contributed by atoms with Gasteiger partial charge in [-0.25, -0.2) is 8.78 Å². The molecular formula is C13H14F2N2OS. The molecule has 3 nitrogen and oxygen atoms in total. The molecule has 1 amide bonds. The van der Waals surface area contributed by atoms with Crippen molar-refractivity contribution in [2.24, 2.45) is 10.9 Å². The number of rotatable bonds is 3. The molecule has 1 atom stereocenters. The van der Waals surface area contributed by atoms with E-state index in [4.69, 9.17) is 0 Å². The van der Waals surface area contributed by atoms with Crippen LogP contribution in [0.2, 0.25) is 0 Å². The monoisotopic (exact) mass is 284 g/mol. The highest BCUT2D eigenvalue weighted by molar-refractivity contribution is 8.15. The van der Waals surface area contributed by atoms with Crippen molar-refractivity contribution < 1.29 is 13.6 Å². The minimum absolute atomic E-state index is 0.165. The second-order valence-corrected chi connectivity index (χ2v) is 5.76. The molecule has 19 heavy (non-hydrogen) atoms. The van der Waals surface area contributed by atoms with E-state index >= 15 is 0 Å². The van der Waals surface area contributed by atoms with E-state index in [9.17, 15) is 13.6 Å². The van der Waals surface area contributed by atoms with Crippen LogP contribution in [-0.2, 0) is 11.3 Å². The first-order chi connectivity index (χ1) is 8.97. The highest BCUT2D eigenvalue weighted by Gasteiger charge is 2.30. The number of carbonyl (C=O) groups excluding carboxylic acids is 1. The zero-order chi connectivity index (χ0) is 14.0. The summed E-state index contributed by atoms with van der Waals surface area (Å²) in [6.45, 7) is 4.08. The molecule has 2 rings (SSSR count). The summed E-state index contributed by atoms with van der Waals surface area (Å²) in [6.07, 6.45) is 0. The van der Waals surface area contributed by atoms with Crippen LogP contribution in [0.4, 0.5) is 8.78 Å². The van der Waals surface area contributed by atoms with E-state index in [1.54, 1.807) is 0 Å². The lowest BCUT2D eigenvalue weighted by Gasteiger charge is -2.11. The van der Waals surface area contributed by atoms with Gasteiger partial charge in [0.2, 0.25) is 0 Å². The molecule has 0 bridgehead atoms. The maximum absolute atomic E-state index is 13.4. The van der Waals surface area contributed by atoms with E-state index in [2.05, 4.69) is 10.3 Å². The number of carbonyl (C=O) groups is 1. The Kier molecular flexibility index (Phi) is 4.19. The Balaban J connectivity index is 1.97. The molecule has 1 aliphatic rings. The standard InChI is InChI=1S/C13H14F2N2OS/c1-7(2)11-12(18)17-13(19-11)16-6-8-3-4-9(14)5-10(8)15/h3-5,7,11H,6H2,1-2H3,(H,16,17,18)/t11-/m1/s1. The predicted octanol–water partition coefficient (Wildman–Crippen LogP) is 2.71. The molecule has 0 fully saturated rings. The largest absolute Gasteiger partial charge is 0.360 e. The van der Waals surface area contributed by atoms with Gasteiger partial charge in [0, 0.05) is 18.2 Å². The number of halogens is 2. The molecule has 1 N–H and O–H groups in total. The summed E-state index contributed by atoms with van der Waals surface area (Å²) in [5.74, 6) is -1.18. The smallest absolute Gasteiger partial charge is 0.261 e. The quantitative estimate of drug-likeness (QED) is 0.928. The van der Waals surface area contributed by atoms with Crippen LogP contribution in [0.15, 0.2) is 23.2 Å². The lowest BCUT2D eigenvalue weighted by atomic mass is 10.1. The third-order valence-corrected chi connectivity index (χ3v) is 4.20. The highest BCUT2D eigenvalue weighted by atomic mass is 32.2. The fraction of sp³-hybridized carbons (Fsp3) is 0.385. The van der Waals surface area contributed by atoms with Crippen LogP contribution in [0.1, 0.15) is 19.4 Å². The predicted molar refractivity (Wildman–Crippen MR) is 71.9 cm³/mol. The van der Waals surface area contributed by atoms with Crippen molar-refractivity contribution in [2.45, 2.75) is 25.6 Å². The third kappa shape index (κ3) is 3.32. The average Bonchev–Trinajstić information content (AvgIpc) is 2.69. The summed E-state index contributed by atoms with van der Waals surface area (Å²) in [5, 5.41) is 3.22. The molecule has 1 aromatic rings. The molecule has 0 spiro atoms. The Hall–Kier alpha value is -1.43. The van der Waals surface area contributed by atoms with Gasteiger partial charge in [-0.15, -0.1) is 0 Å². The zero-order valence-electron chi connectivity index (χ0n) is 10.6. The number of benzene rings is 1. The fourth-order valence-electron chi connectivity index (χ4n) is 1.70. The second-order valence-electron chi connectivity index (χ2n) is 4.63. The van der Waals surface area contributed by atoms with Crippen molar-refractivity contribution in [2.75, 3.05) is 0 Å². The Morgan fingerprint density at radius 2 is 2.16 bits per heavy atom.